The minimum absolute atomic E-state index is 0.295. The number of hydrogen-bond acceptors (Lipinski definition) is 5. The average Bonchev–Trinajstić information content (AvgIpc) is 2.88. The molecule has 19 heavy (non-hydrogen) atoms. The maximum Gasteiger partial charge on any atom is 0.276 e. The molecule has 0 saturated heterocycles. The van der Waals surface area contributed by atoms with Crippen LogP contribution in [0, 0.1) is 6.92 Å². The Morgan fingerprint density at radius 3 is 3.05 bits per heavy atom. The number of nitrogen functional groups attached to an aromatic ring is 1. The number of rotatable bonds is 4. The Bertz CT molecular complexity index is 600. The molecule has 0 unspecified atom stereocenters. The highest BCUT2D eigenvalue weighted by Crippen LogP contribution is 2.22. The lowest BCUT2D eigenvalue weighted by Gasteiger charge is -2.05. The molecule has 1 aromatic heterocycles. The van der Waals surface area contributed by atoms with Crippen molar-refractivity contribution in [2.75, 3.05) is 0 Å². The molecule has 0 atom stereocenters. The fraction of sp³-hybridized carbons (Fsp3) is 0.167. The van der Waals surface area contributed by atoms with E-state index in [-0.39, 0.29) is 5.91 Å². The molecular formula is C12H12ClN3O2S. The van der Waals surface area contributed by atoms with E-state index in [1.54, 1.807) is 12.1 Å². The second kappa shape index (κ2) is 6.01. The normalized spacial score (nSPS) is 10.3. The number of thiazole rings is 1. The number of hydrazine groups is 1. The summed E-state index contributed by atoms with van der Waals surface area (Å²) in [5.41, 5.74) is 3.00. The molecule has 2 aromatic rings. The zero-order chi connectivity index (χ0) is 13.8. The predicted octanol–water partition coefficient (Wildman–Crippen LogP) is 2.29. The molecular weight excluding hydrogens is 286 g/mol. The molecule has 0 aliphatic rings. The summed E-state index contributed by atoms with van der Waals surface area (Å²) in [6.07, 6.45) is 1.47. The average molecular weight is 298 g/mol. The van der Waals surface area contributed by atoms with Gasteiger partial charge in [-0.1, -0.05) is 11.6 Å². The molecule has 100 valence electrons. The quantitative estimate of drug-likeness (QED) is 0.516. The standard InChI is InChI=1S/C12H12ClN3O2S/c1-7-4-8(2-3-9(7)13)18-6-11-15-5-10(19-11)12(17)16-14/h2-5H,6,14H2,1H3,(H,16,17). The number of carbonyl (C=O) groups excluding carboxylic acids is 1. The Morgan fingerprint density at radius 2 is 2.37 bits per heavy atom. The smallest absolute Gasteiger partial charge is 0.276 e. The van der Waals surface area contributed by atoms with Crippen LogP contribution in [-0.2, 0) is 6.61 Å². The Hall–Kier alpha value is -1.63. The van der Waals surface area contributed by atoms with Gasteiger partial charge in [-0.3, -0.25) is 10.2 Å². The van der Waals surface area contributed by atoms with Crippen molar-refractivity contribution in [2.45, 2.75) is 13.5 Å². The summed E-state index contributed by atoms with van der Waals surface area (Å²) in [5, 5.41) is 1.40. The van der Waals surface area contributed by atoms with Gasteiger partial charge in [0.2, 0.25) is 0 Å². The van der Waals surface area contributed by atoms with Crippen LogP contribution in [0.2, 0.25) is 5.02 Å². The lowest BCUT2D eigenvalue weighted by molar-refractivity contribution is 0.0957. The monoisotopic (exact) mass is 297 g/mol. The second-order valence-corrected chi connectivity index (χ2v) is 5.31. The van der Waals surface area contributed by atoms with E-state index >= 15 is 0 Å². The van der Waals surface area contributed by atoms with Gasteiger partial charge in [-0.2, -0.15) is 0 Å². The lowest BCUT2D eigenvalue weighted by atomic mass is 10.2. The van der Waals surface area contributed by atoms with Crippen molar-refractivity contribution in [3.05, 3.63) is 44.9 Å². The van der Waals surface area contributed by atoms with E-state index < -0.39 is 0 Å². The summed E-state index contributed by atoms with van der Waals surface area (Å²) in [6.45, 7) is 2.20. The number of hydrogen-bond donors (Lipinski definition) is 2. The number of nitrogens with one attached hydrogen (secondary N) is 1. The molecule has 0 saturated carbocycles. The van der Waals surface area contributed by atoms with E-state index in [9.17, 15) is 4.79 Å². The summed E-state index contributed by atoms with van der Waals surface area (Å²) in [5.74, 6) is 5.40. The highest BCUT2D eigenvalue weighted by atomic mass is 35.5. The number of nitrogens with zero attached hydrogens (tertiary/aromatic N) is 1. The molecule has 0 radical (unpaired) electrons. The van der Waals surface area contributed by atoms with E-state index in [1.807, 2.05) is 13.0 Å². The first kappa shape index (κ1) is 13.8. The van der Waals surface area contributed by atoms with Crippen molar-refractivity contribution >= 4 is 28.8 Å². The van der Waals surface area contributed by atoms with Gasteiger partial charge in [0.05, 0.1) is 6.20 Å². The maximum absolute atomic E-state index is 11.3. The molecule has 1 aromatic carbocycles. The third kappa shape index (κ3) is 3.44. The number of carbonyl (C=O) groups is 1. The van der Waals surface area contributed by atoms with Crippen LogP contribution in [0.5, 0.6) is 5.75 Å². The first-order chi connectivity index (χ1) is 9.10. The van der Waals surface area contributed by atoms with Crippen molar-refractivity contribution in [2.24, 2.45) is 5.84 Å². The molecule has 1 heterocycles. The third-order valence-electron chi connectivity index (χ3n) is 2.40. The number of aryl methyl sites for hydroxylation is 1. The van der Waals surface area contributed by atoms with Crippen LogP contribution in [0.15, 0.2) is 24.4 Å². The summed E-state index contributed by atoms with van der Waals surface area (Å²) < 4.78 is 5.58. The summed E-state index contributed by atoms with van der Waals surface area (Å²) in [4.78, 5) is 15.8. The van der Waals surface area contributed by atoms with Crippen LogP contribution in [-0.4, -0.2) is 10.9 Å². The summed E-state index contributed by atoms with van der Waals surface area (Å²) in [7, 11) is 0. The topological polar surface area (TPSA) is 77.2 Å². The van der Waals surface area contributed by atoms with Crippen molar-refractivity contribution in [1.29, 1.82) is 0 Å². The molecule has 5 nitrogen and oxygen atoms in total. The Morgan fingerprint density at radius 1 is 1.58 bits per heavy atom. The van der Waals surface area contributed by atoms with Crippen LogP contribution in [0.25, 0.3) is 0 Å². The van der Waals surface area contributed by atoms with Gasteiger partial charge in [-0.25, -0.2) is 10.8 Å². The fourth-order valence-corrected chi connectivity index (χ4v) is 2.26. The zero-order valence-electron chi connectivity index (χ0n) is 10.1. The Labute approximate surface area is 119 Å². The number of amides is 1. The van der Waals surface area contributed by atoms with Crippen LogP contribution in [0.3, 0.4) is 0 Å². The van der Waals surface area contributed by atoms with Crippen LogP contribution >= 0.6 is 22.9 Å². The van der Waals surface area contributed by atoms with Crippen molar-refractivity contribution in [3.63, 3.8) is 0 Å². The van der Waals surface area contributed by atoms with Crippen LogP contribution in [0.4, 0.5) is 0 Å². The van der Waals surface area contributed by atoms with E-state index in [1.165, 1.54) is 17.5 Å². The Balaban J connectivity index is 2.00. The first-order valence-corrected chi connectivity index (χ1v) is 6.64. The number of aromatic nitrogens is 1. The van der Waals surface area contributed by atoms with Gasteiger partial charge in [0.15, 0.2) is 0 Å². The van der Waals surface area contributed by atoms with Crippen molar-refractivity contribution in [3.8, 4) is 5.75 Å². The van der Waals surface area contributed by atoms with Crippen molar-refractivity contribution < 1.29 is 9.53 Å². The molecule has 0 aliphatic heterocycles. The van der Waals surface area contributed by atoms with E-state index in [0.717, 1.165) is 5.56 Å². The third-order valence-corrected chi connectivity index (χ3v) is 3.79. The molecule has 7 heteroatoms. The number of ether oxygens (including phenoxy) is 1. The molecule has 0 fully saturated rings. The number of nitrogens with two attached hydrogens (primary N) is 1. The molecule has 2 rings (SSSR count). The minimum Gasteiger partial charge on any atom is -0.486 e. The van der Waals surface area contributed by atoms with E-state index in [2.05, 4.69) is 10.4 Å². The van der Waals surface area contributed by atoms with Crippen molar-refractivity contribution in [1.82, 2.24) is 10.4 Å². The molecule has 1 amide bonds. The largest absolute Gasteiger partial charge is 0.486 e. The van der Waals surface area contributed by atoms with Gasteiger partial charge in [-0.15, -0.1) is 11.3 Å². The highest BCUT2D eigenvalue weighted by Gasteiger charge is 2.09. The fourth-order valence-electron chi connectivity index (χ4n) is 1.41. The zero-order valence-corrected chi connectivity index (χ0v) is 11.7. The van der Waals surface area contributed by atoms with Gasteiger partial charge < -0.3 is 4.74 Å². The van der Waals surface area contributed by atoms with E-state index in [0.29, 0.717) is 27.3 Å². The molecule has 3 N–H and O–H groups in total. The van der Waals surface area contributed by atoms with Gasteiger partial charge in [-0.05, 0) is 30.7 Å². The summed E-state index contributed by atoms with van der Waals surface area (Å²) in [6, 6.07) is 5.42. The minimum atomic E-state index is -0.355. The first-order valence-electron chi connectivity index (χ1n) is 5.44. The van der Waals surface area contributed by atoms with E-state index in [4.69, 9.17) is 22.2 Å². The van der Waals surface area contributed by atoms with Crippen LogP contribution < -0.4 is 16.0 Å². The summed E-state index contributed by atoms with van der Waals surface area (Å²) >= 11 is 7.17. The molecule has 0 aliphatic carbocycles. The van der Waals surface area contributed by atoms with Gasteiger partial charge in [0.25, 0.3) is 5.91 Å². The van der Waals surface area contributed by atoms with Gasteiger partial charge >= 0.3 is 0 Å². The SMILES string of the molecule is Cc1cc(OCc2ncc(C(=O)NN)s2)ccc1Cl. The molecule has 0 bridgehead atoms. The number of benzene rings is 1. The van der Waals surface area contributed by atoms with Gasteiger partial charge in [0, 0.05) is 5.02 Å². The highest BCUT2D eigenvalue weighted by molar-refractivity contribution is 7.13. The second-order valence-electron chi connectivity index (χ2n) is 3.79. The predicted molar refractivity (Wildman–Crippen MR) is 74.3 cm³/mol. The maximum atomic E-state index is 11.3. The van der Waals surface area contributed by atoms with Crippen LogP contribution in [0.1, 0.15) is 20.2 Å². The number of halogens is 1. The Kier molecular flexibility index (Phi) is 4.36. The van der Waals surface area contributed by atoms with Gasteiger partial charge in [0.1, 0.15) is 22.2 Å². The molecule has 0 spiro atoms. The lowest BCUT2D eigenvalue weighted by Crippen LogP contribution is -2.29.